The second-order valence-electron chi connectivity index (χ2n) is 3.65. The van der Waals surface area contributed by atoms with Gasteiger partial charge in [0.1, 0.15) is 0 Å². The SMILES string of the molecule is COC(=O)CCNc1cc2[nH]ncc2cc1N. The lowest BCUT2D eigenvalue weighted by atomic mass is 10.2. The van der Waals surface area contributed by atoms with E-state index >= 15 is 0 Å². The number of carbonyl (C=O) groups excluding carboxylic acids is 1. The second-order valence-corrected chi connectivity index (χ2v) is 3.65. The van der Waals surface area contributed by atoms with E-state index in [9.17, 15) is 4.79 Å². The molecule has 0 aliphatic carbocycles. The number of aromatic amines is 1. The number of nitrogens with zero attached hydrogens (tertiary/aromatic N) is 1. The van der Waals surface area contributed by atoms with Gasteiger partial charge in [-0.25, -0.2) is 0 Å². The normalized spacial score (nSPS) is 10.4. The highest BCUT2D eigenvalue weighted by Gasteiger charge is 2.04. The molecule has 0 aliphatic heterocycles. The second kappa shape index (κ2) is 4.73. The third-order valence-electron chi connectivity index (χ3n) is 2.48. The van der Waals surface area contributed by atoms with Crippen LogP contribution in [0.2, 0.25) is 0 Å². The first-order valence-corrected chi connectivity index (χ1v) is 5.24. The molecule has 2 rings (SSSR count). The third-order valence-corrected chi connectivity index (χ3v) is 2.48. The Bertz CT molecular complexity index is 535. The number of H-pyrrole nitrogens is 1. The number of nitrogen functional groups attached to an aromatic ring is 1. The monoisotopic (exact) mass is 234 g/mol. The molecule has 6 heteroatoms. The molecule has 1 heterocycles. The Morgan fingerprint density at radius 1 is 1.59 bits per heavy atom. The number of aromatic nitrogens is 2. The summed E-state index contributed by atoms with van der Waals surface area (Å²) in [5.41, 5.74) is 8.19. The van der Waals surface area contributed by atoms with Crippen LogP contribution in [0.15, 0.2) is 18.3 Å². The van der Waals surface area contributed by atoms with E-state index in [2.05, 4.69) is 20.3 Å². The van der Waals surface area contributed by atoms with Crippen LogP contribution in [0, 0.1) is 0 Å². The first kappa shape index (κ1) is 11.3. The fourth-order valence-corrected chi connectivity index (χ4v) is 1.56. The minimum absolute atomic E-state index is 0.251. The summed E-state index contributed by atoms with van der Waals surface area (Å²) >= 11 is 0. The Labute approximate surface area is 98.1 Å². The van der Waals surface area contributed by atoms with Crippen LogP contribution in [0.5, 0.6) is 0 Å². The molecule has 90 valence electrons. The maximum atomic E-state index is 10.9. The van der Waals surface area contributed by atoms with Gasteiger partial charge in [-0.1, -0.05) is 0 Å². The molecule has 4 N–H and O–H groups in total. The molecule has 1 aromatic heterocycles. The zero-order chi connectivity index (χ0) is 12.3. The molecule has 1 aromatic carbocycles. The molecule has 0 aliphatic rings. The summed E-state index contributed by atoms with van der Waals surface area (Å²) in [6.07, 6.45) is 2.01. The number of esters is 1. The van der Waals surface area contributed by atoms with Crippen LogP contribution in [-0.4, -0.2) is 29.8 Å². The van der Waals surface area contributed by atoms with E-state index in [1.165, 1.54) is 7.11 Å². The number of benzene rings is 1. The van der Waals surface area contributed by atoms with Gasteiger partial charge in [0.15, 0.2) is 0 Å². The van der Waals surface area contributed by atoms with Gasteiger partial charge in [0.25, 0.3) is 0 Å². The zero-order valence-electron chi connectivity index (χ0n) is 9.49. The average molecular weight is 234 g/mol. The van der Waals surface area contributed by atoms with Gasteiger partial charge in [0.2, 0.25) is 0 Å². The van der Waals surface area contributed by atoms with E-state index in [4.69, 9.17) is 5.73 Å². The van der Waals surface area contributed by atoms with Crippen LogP contribution in [0.3, 0.4) is 0 Å². The van der Waals surface area contributed by atoms with Crippen LogP contribution in [0.1, 0.15) is 6.42 Å². The fraction of sp³-hybridized carbons (Fsp3) is 0.273. The Kier molecular flexibility index (Phi) is 3.13. The van der Waals surface area contributed by atoms with Crippen LogP contribution in [-0.2, 0) is 9.53 Å². The van der Waals surface area contributed by atoms with Crippen molar-refractivity contribution in [2.24, 2.45) is 0 Å². The predicted octanol–water partition coefficient (Wildman–Crippen LogP) is 1.12. The summed E-state index contributed by atoms with van der Waals surface area (Å²) in [5, 5.41) is 10.8. The van der Waals surface area contributed by atoms with Crippen molar-refractivity contribution >= 4 is 28.2 Å². The summed E-state index contributed by atoms with van der Waals surface area (Å²) in [6.45, 7) is 0.483. The zero-order valence-corrected chi connectivity index (χ0v) is 9.49. The molecule has 17 heavy (non-hydrogen) atoms. The molecular weight excluding hydrogens is 220 g/mol. The predicted molar refractivity (Wildman–Crippen MR) is 65.6 cm³/mol. The highest BCUT2D eigenvalue weighted by atomic mass is 16.5. The van der Waals surface area contributed by atoms with E-state index in [-0.39, 0.29) is 5.97 Å². The van der Waals surface area contributed by atoms with Crippen LogP contribution in [0.4, 0.5) is 11.4 Å². The van der Waals surface area contributed by atoms with E-state index in [0.717, 1.165) is 16.6 Å². The number of methoxy groups -OCH3 is 1. The lowest BCUT2D eigenvalue weighted by Crippen LogP contribution is -2.10. The highest BCUT2D eigenvalue weighted by molar-refractivity contribution is 5.88. The quantitative estimate of drug-likeness (QED) is 0.544. The van der Waals surface area contributed by atoms with Crippen molar-refractivity contribution in [1.82, 2.24) is 10.2 Å². The molecule has 0 radical (unpaired) electrons. The third kappa shape index (κ3) is 2.47. The van der Waals surface area contributed by atoms with Gasteiger partial charge in [-0.3, -0.25) is 9.89 Å². The summed E-state index contributed by atoms with van der Waals surface area (Å²) in [5.74, 6) is -0.251. The Morgan fingerprint density at radius 3 is 3.18 bits per heavy atom. The standard InChI is InChI=1S/C11H14N4O2/c1-17-11(16)2-3-13-10-5-9-7(4-8(10)12)6-14-15-9/h4-6,13H,2-3,12H2,1H3,(H,14,15). The molecule has 6 nitrogen and oxygen atoms in total. The first-order chi connectivity index (χ1) is 8.20. The molecule has 0 atom stereocenters. The number of rotatable bonds is 4. The number of nitrogens with two attached hydrogens (primary N) is 1. The lowest BCUT2D eigenvalue weighted by molar-refractivity contribution is -0.140. The Balaban J connectivity index is 2.07. The average Bonchev–Trinajstić information content (AvgIpc) is 2.76. The van der Waals surface area contributed by atoms with Crippen molar-refractivity contribution in [3.63, 3.8) is 0 Å². The van der Waals surface area contributed by atoms with Crippen molar-refractivity contribution in [2.45, 2.75) is 6.42 Å². The molecule has 0 saturated carbocycles. The number of anilines is 2. The number of carbonyl (C=O) groups is 1. The van der Waals surface area contributed by atoms with Gasteiger partial charge in [-0.15, -0.1) is 0 Å². The summed E-state index contributed by atoms with van der Waals surface area (Å²) in [6, 6.07) is 3.70. The molecular formula is C11H14N4O2. The topological polar surface area (TPSA) is 93.0 Å². The number of ether oxygens (including phenoxy) is 1. The number of nitrogens with one attached hydrogen (secondary N) is 2. The van der Waals surface area contributed by atoms with Crippen molar-refractivity contribution in [3.05, 3.63) is 18.3 Å². The maximum Gasteiger partial charge on any atom is 0.307 e. The molecule has 0 saturated heterocycles. The summed E-state index contributed by atoms with van der Waals surface area (Å²) < 4.78 is 4.55. The Morgan fingerprint density at radius 2 is 2.41 bits per heavy atom. The maximum absolute atomic E-state index is 10.9. The van der Waals surface area contributed by atoms with E-state index in [1.54, 1.807) is 6.20 Å². The Hall–Kier alpha value is -2.24. The molecule has 0 bridgehead atoms. The van der Waals surface area contributed by atoms with Crippen LogP contribution in [0.25, 0.3) is 10.9 Å². The van der Waals surface area contributed by atoms with Gasteiger partial charge >= 0.3 is 5.97 Å². The fourth-order valence-electron chi connectivity index (χ4n) is 1.56. The molecule has 0 fully saturated rings. The molecule has 0 spiro atoms. The van der Waals surface area contributed by atoms with E-state index in [0.29, 0.717) is 18.7 Å². The number of hydrogen-bond acceptors (Lipinski definition) is 5. The molecule has 0 unspecified atom stereocenters. The van der Waals surface area contributed by atoms with Gasteiger partial charge in [-0.2, -0.15) is 5.10 Å². The highest BCUT2D eigenvalue weighted by Crippen LogP contribution is 2.24. The van der Waals surface area contributed by atoms with Gasteiger partial charge in [0.05, 0.1) is 36.6 Å². The van der Waals surface area contributed by atoms with Gasteiger partial charge in [-0.05, 0) is 12.1 Å². The van der Waals surface area contributed by atoms with Crippen molar-refractivity contribution in [3.8, 4) is 0 Å². The van der Waals surface area contributed by atoms with Crippen LogP contribution < -0.4 is 11.1 Å². The van der Waals surface area contributed by atoms with Crippen molar-refractivity contribution in [2.75, 3.05) is 24.7 Å². The molecule has 2 aromatic rings. The minimum atomic E-state index is -0.251. The molecule has 0 amide bonds. The van der Waals surface area contributed by atoms with Crippen molar-refractivity contribution in [1.29, 1.82) is 0 Å². The number of fused-ring (bicyclic) bond motifs is 1. The number of hydrogen-bond donors (Lipinski definition) is 3. The summed E-state index contributed by atoms with van der Waals surface area (Å²) in [4.78, 5) is 10.9. The first-order valence-electron chi connectivity index (χ1n) is 5.24. The minimum Gasteiger partial charge on any atom is -0.469 e. The van der Waals surface area contributed by atoms with Gasteiger partial charge < -0.3 is 15.8 Å². The largest absolute Gasteiger partial charge is 0.469 e. The van der Waals surface area contributed by atoms with Gasteiger partial charge in [0, 0.05) is 11.9 Å². The van der Waals surface area contributed by atoms with E-state index < -0.39 is 0 Å². The van der Waals surface area contributed by atoms with E-state index in [1.807, 2.05) is 12.1 Å². The smallest absolute Gasteiger partial charge is 0.307 e. The lowest BCUT2D eigenvalue weighted by Gasteiger charge is -2.08. The van der Waals surface area contributed by atoms with Crippen molar-refractivity contribution < 1.29 is 9.53 Å². The van der Waals surface area contributed by atoms with Crippen LogP contribution >= 0.6 is 0 Å². The summed E-state index contributed by atoms with van der Waals surface area (Å²) in [7, 11) is 1.37.